The van der Waals surface area contributed by atoms with Gasteiger partial charge in [-0.25, -0.2) is 0 Å². The van der Waals surface area contributed by atoms with Gasteiger partial charge in [-0.3, -0.25) is 12.6 Å². The molecule has 0 rings (SSSR count). The van der Waals surface area contributed by atoms with Crippen LogP contribution in [0.25, 0.3) is 0 Å². The Morgan fingerprint density at radius 3 is 1.00 bits per heavy atom. The molecule has 0 spiro atoms. The third kappa shape index (κ3) is 16000. The van der Waals surface area contributed by atoms with Gasteiger partial charge in [0.05, 0.1) is 0 Å². The maximum absolute atomic E-state index is 8.68. The van der Waals surface area contributed by atoms with Crippen LogP contribution in [0.4, 0.5) is 0 Å². The van der Waals surface area contributed by atoms with Crippen molar-refractivity contribution in [1.82, 2.24) is 0 Å². The molecule has 0 saturated carbocycles. The zero-order valence-electron chi connectivity index (χ0n) is 4.26. The molecule has 0 aliphatic heterocycles. The number of rotatable bonds is 0. The van der Waals surface area contributed by atoms with Gasteiger partial charge >= 0.3 is 18.6 Å². The summed E-state index contributed by atoms with van der Waals surface area (Å²) in [6.07, 6.45) is 3.00. The van der Waals surface area contributed by atoms with Crippen molar-refractivity contribution in [3.05, 3.63) is 0 Å². The molecule has 0 bridgehead atoms. The van der Waals surface area contributed by atoms with Crippen LogP contribution >= 0.6 is 0 Å². The summed E-state index contributed by atoms with van der Waals surface area (Å²) in [5.41, 5.74) is 0. The van der Waals surface area contributed by atoms with E-state index in [0.29, 0.717) is 0 Å². The van der Waals surface area contributed by atoms with Gasteiger partial charge in [0.1, 0.15) is 0 Å². The SMILES string of the molecule is C[C-]=O.C[C-]=O.[V+2]. The first kappa shape index (κ1) is 15.8. The molecule has 0 aromatic heterocycles. The van der Waals surface area contributed by atoms with Crippen LogP contribution in [0, 0.1) is 0 Å². The Labute approximate surface area is 55.2 Å². The van der Waals surface area contributed by atoms with Gasteiger partial charge in [0.15, 0.2) is 0 Å². The first-order chi connectivity index (χ1) is 2.83. The van der Waals surface area contributed by atoms with Crippen LogP contribution in [0.5, 0.6) is 0 Å². The Bertz CT molecular complexity index is 30.7. The fourth-order valence-corrected chi connectivity index (χ4v) is 0. The number of hydrogen-bond donors (Lipinski definition) is 0. The molecule has 0 aromatic carbocycles. The third-order valence-corrected chi connectivity index (χ3v) is 0. The van der Waals surface area contributed by atoms with Crippen molar-refractivity contribution >= 4 is 12.6 Å². The summed E-state index contributed by atoms with van der Waals surface area (Å²) < 4.78 is 0. The standard InChI is InChI=1S/2C2H3O.V/c2*1-2-3;/h2*1H3;/q2*-1;+2. The normalized spacial score (nSPS) is 3.71. The van der Waals surface area contributed by atoms with Gasteiger partial charge < -0.3 is 9.59 Å². The van der Waals surface area contributed by atoms with Gasteiger partial charge in [0, 0.05) is 0 Å². The molecule has 0 amide bonds. The topological polar surface area (TPSA) is 34.1 Å². The van der Waals surface area contributed by atoms with Crippen molar-refractivity contribution < 1.29 is 28.1 Å². The minimum absolute atomic E-state index is 0. The first-order valence-electron chi connectivity index (χ1n) is 1.41. The van der Waals surface area contributed by atoms with Crippen LogP contribution in [0.2, 0.25) is 0 Å². The molecule has 0 aliphatic rings. The fourth-order valence-electron chi connectivity index (χ4n) is 0. The molecule has 0 heterocycles. The maximum Gasteiger partial charge on any atom is 2.00 e. The molecule has 0 saturated heterocycles. The van der Waals surface area contributed by atoms with Gasteiger partial charge in [0.2, 0.25) is 0 Å². The van der Waals surface area contributed by atoms with E-state index in [0.717, 1.165) is 0 Å². The van der Waals surface area contributed by atoms with E-state index in [4.69, 9.17) is 9.59 Å². The van der Waals surface area contributed by atoms with E-state index in [2.05, 4.69) is 0 Å². The Balaban J connectivity index is -0.0000000400. The molecule has 0 N–H and O–H groups in total. The fraction of sp³-hybridized carbons (Fsp3) is 0.500. The average Bonchev–Trinajstić information content (AvgIpc) is 1.39. The second-order valence-corrected chi connectivity index (χ2v) is 0.408. The van der Waals surface area contributed by atoms with Crippen molar-refractivity contribution in [2.24, 2.45) is 0 Å². The summed E-state index contributed by atoms with van der Waals surface area (Å²) >= 11 is 0. The number of carbonyl (C=O) groups excluding carboxylic acids is 2. The molecule has 7 heavy (non-hydrogen) atoms. The van der Waals surface area contributed by atoms with E-state index >= 15 is 0 Å². The van der Waals surface area contributed by atoms with Crippen LogP contribution in [0.15, 0.2) is 0 Å². The zero-order chi connectivity index (χ0) is 5.41. The molecule has 0 unspecified atom stereocenters. The summed E-state index contributed by atoms with van der Waals surface area (Å²) in [4.78, 5) is 17.4. The molecular formula is C4H6O2V. The predicted molar refractivity (Wildman–Crippen MR) is 22.7 cm³/mol. The summed E-state index contributed by atoms with van der Waals surface area (Å²) in [6, 6.07) is 0. The largest absolute Gasteiger partial charge is 2.00 e. The first-order valence-corrected chi connectivity index (χ1v) is 1.41. The third-order valence-electron chi connectivity index (χ3n) is 0. The van der Waals surface area contributed by atoms with Gasteiger partial charge in [-0.15, -0.1) is 0 Å². The summed E-state index contributed by atoms with van der Waals surface area (Å²) in [5, 5.41) is 0. The molecule has 39 valence electrons. The van der Waals surface area contributed by atoms with Gasteiger partial charge in [-0.1, -0.05) is 0 Å². The van der Waals surface area contributed by atoms with Gasteiger partial charge in [0.25, 0.3) is 0 Å². The summed E-state index contributed by atoms with van der Waals surface area (Å²) in [7, 11) is 0. The summed E-state index contributed by atoms with van der Waals surface area (Å²) in [6.45, 7) is 2.64. The van der Waals surface area contributed by atoms with Crippen molar-refractivity contribution in [1.29, 1.82) is 0 Å². The van der Waals surface area contributed by atoms with Crippen molar-refractivity contribution in [2.75, 3.05) is 0 Å². The summed E-state index contributed by atoms with van der Waals surface area (Å²) in [5.74, 6) is 0. The van der Waals surface area contributed by atoms with E-state index in [-0.39, 0.29) is 18.6 Å². The van der Waals surface area contributed by atoms with Crippen LogP contribution in [0.1, 0.15) is 13.8 Å². The minimum Gasteiger partial charge on any atom is -0.542 e. The van der Waals surface area contributed by atoms with E-state index < -0.39 is 0 Å². The van der Waals surface area contributed by atoms with Crippen LogP contribution in [0.3, 0.4) is 0 Å². The average molecular weight is 137 g/mol. The predicted octanol–water partition coefficient (Wildman–Crippen LogP) is 0.230. The van der Waals surface area contributed by atoms with Crippen molar-refractivity contribution in [3.8, 4) is 0 Å². The van der Waals surface area contributed by atoms with Crippen molar-refractivity contribution in [2.45, 2.75) is 13.8 Å². The van der Waals surface area contributed by atoms with Crippen LogP contribution < -0.4 is 0 Å². The molecule has 2 nitrogen and oxygen atoms in total. The quantitative estimate of drug-likeness (QED) is 0.448. The van der Waals surface area contributed by atoms with Gasteiger partial charge in [-0.2, -0.15) is 13.8 Å². The van der Waals surface area contributed by atoms with Crippen LogP contribution in [-0.4, -0.2) is 12.6 Å². The Morgan fingerprint density at radius 1 is 1.00 bits per heavy atom. The molecule has 0 aliphatic carbocycles. The Kier molecular flexibility index (Phi) is 87.5. The van der Waals surface area contributed by atoms with E-state index in [1.54, 1.807) is 0 Å². The molecular weight excluding hydrogens is 131 g/mol. The maximum atomic E-state index is 8.68. The van der Waals surface area contributed by atoms with Crippen molar-refractivity contribution in [3.63, 3.8) is 0 Å². The van der Waals surface area contributed by atoms with Crippen LogP contribution in [-0.2, 0) is 28.1 Å². The van der Waals surface area contributed by atoms with Gasteiger partial charge in [-0.05, 0) is 0 Å². The van der Waals surface area contributed by atoms with E-state index in [1.807, 2.05) is 0 Å². The molecule has 3 heteroatoms. The molecule has 0 aromatic rings. The van der Waals surface area contributed by atoms with E-state index in [1.165, 1.54) is 26.4 Å². The monoisotopic (exact) mass is 137 g/mol. The Morgan fingerprint density at radius 2 is 1.00 bits per heavy atom. The zero-order valence-corrected chi connectivity index (χ0v) is 5.66. The smallest absolute Gasteiger partial charge is 0.542 e. The molecule has 1 radical (unpaired) electrons. The second kappa shape index (κ2) is 38.8. The van der Waals surface area contributed by atoms with E-state index in [9.17, 15) is 0 Å². The minimum atomic E-state index is 0. The number of hydrogen-bond acceptors (Lipinski definition) is 2. The molecule has 0 atom stereocenters. The Hall–Kier alpha value is -0.0756. The second-order valence-electron chi connectivity index (χ2n) is 0.408. The molecule has 0 fully saturated rings.